The first kappa shape index (κ1) is 15.4. The number of hydrogen-bond donors (Lipinski definition) is 2. The molecule has 2 N–H and O–H groups in total. The van der Waals surface area contributed by atoms with E-state index in [-0.39, 0.29) is 24.5 Å². The molecule has 1 rings (SSSR count). The molecule has 0 radical (unpaired) electrons. The van der Waals surface area contributed by atoms with E-state index in [1.54, 1.807) is 24.1 Å². The Kier molecular flexibility index (Phi) is 6.29. The van der Waals surface area contributed by atoms with E-state index in [0.717, 1.165) is 12.0 Å². The van der Waals surface area contributed by atoms with E-state index in [0.29, 0.717) is 13.0 Å². The molecule has 106 valence electrons. The molecule has 1 atom stereocenters. The van der Waals surface area contributed by atoms with Gasteiger partial charge in [-0.3, -0.25) is 0 Å². The summed E-state index contributed by atoms with van der Waals surface area (Å²) in [6.45, 7) is 2.46. The summed E-state index contributed by atoms with van der Waals surface area (Å²) in [6, 6.07) is 5.93. The van der Waals surface area contributed by atoms with E-state index < -0.39 is 0 Å². The first-order valence-corrected chi connectivity index (χ1v) is 6.40. The standard InChI is InChI=1S/C14H21FN2O2/c1-11(4-3-9-18)16-14(19)17(2)10-12-5-7-13(15)8-6-12/h5-8,11,18H,3-4,9-10H2,1-2H3,(H,16,19). The Labute approximate surface area is 113 Å². The Morgan fingerprint density at radius 3 is 2.63 bits per heavy atom. The maximum Gasteiger partial charge on any atom is 0.317 e. The molecule has 0 fully saturated rings. The molecule has 0 aromatic heterocycles. The topological polar surface area (TPSA) is 52.6 Å². The number of aliphatic hydroxyl groups excluding tert-OH is 1. The highest BCUT2D eigenvalue weighted by Crippen LogP contribution is 2.06. The van der Waals surface area contributed by atoms with Crippen molar-refractivity contribution < 1.29 is 14.3 Å². The molecule has 1 aromatic rings. The van der Waals surface area contributed by atoms with E-state index in [9.17, 15) is 9.18 Å². The van der Waals surface area contributed by atoms with Crippen molar-refractivity contribution in [3.8, 4) is 0 Å². The Morgan fingerprint density at radius 1 is 1.42 bits per heavy atom. The normalized spacial score (nSPS) is 12.0. The zero-order valence-electron chi connectivity index (χ0n) is 11.4. The lowest BCUT2D eigenvalue weighted by molar-refractivity contribution is 0.201. The molecule has 1 unspecified atom stereocenters. The molecule has 0 aliphatic heterocycles. The molecule has 0 aliphatic rings. The van der Waals surface area contributed by atoms with Crippen molar-refractivity contribution >= 4 is 6.03 Å². The summed E-state index contributed by atoms with van der Waals surface area (Å²) in [6.07, 6.45) is 1.41. The van der Waals surface area contributed by atoms with Crippen molar-refractivity contribution in [2.24, 2.45) is 0 Å². The first-order valence-electron chi connectivity index (χ1n) is 6.40. The molecule has 0 heterocycles. The van der Waals surface area contributed by atoms with Crippen molar-refractivity contribution in [2.45, 2.75) is 32.4 Å². The summed E-state index contributed by atoms with van der Waals surface area (Å²) in [7, 11) is 1.69. The fourth-order valence-corrected chi connectivity index (χ4v) is 1.73. The number of aliphatic hydroxyl groups is 1. The van der Waals surface area contributed by atoms with E-state index in [4.69, 9.17) is 5.11 Å². The summed E-state index contributed by atoms with van der Waals surface area (Å²) < 4.78 is 12.8. The van der Waals surface area contributed by atoms with Gasteiger partial charge in [0.05, 0.1) is 0 Å². The monoisotopic (exact) mass is 268 g/mol. The van der Waals surface area contributed by atoms with Crippen LogP contribution in [-0.2, 0) is 6.54 Å². The zero-order valence-corrected chi connectivity index (χ0v) is 11.4. The van der Waals surface area contributed by atoms with Crippen molar-refractivity contribution in [3.63, 3.8) is 0 Å². The average Bonchev–Trinajstić information content (AvgIpc) is 2.39. The van der Waals surface area contributed by atoms with Gasteiger partial charge in [0.1, 0.15) is 5.82 Å². The fraction of sp³-hybridized carbons (Fsp3) is 0.500. The highest BCUT2D eigenvalue weighted by Gasteiger charge is 2.12. The number of nitrogens with zero attached hydrogens (tertiary/aromatic N) is 1. The Morgan fingerprint density at radius 2 is 2.05 bits per heavy atom. The number of carbonyl (C=O) groups is 1. The second-order valence-electron chi connectivity index (χ2n) is 4.70. The van der Waals surface area contributed by atoms with Crippen LogP contribution in [0.2, 0.25) is 0 Å². The minimum Gasteiger partial charge on any atom is -0.396 e. The van der Waals surface area contributed by atoms with Gasteiger partial charge < -0.3 is 15.3 Å². The van der Waals surface area contributed by atoms with Crippen LogP contribution >= 0.6 is 0 Å². The third kappa shape index (κ3) is 5.70. The van der Waals surface area contributed by atoms with Crippen molar-refractivity contribution in [2.75, 3.05) is 13.7 Å². The van der Waals surface area contributed by atoms with Crippen LogP contribution in [0, 0.1) is 5.82 Å². The first-order chi connectivity index (χ1) is 9.02. The van der Waals surface area contributed by atoms with Crippen molar-refractivity contribution in [1.29, 1.82) is 0 Å². The average molecular weight is 268 g/mol. The van der Waals surface area contributed by atoms with Crippen LogP contribution in [0.15, 0.2) is 24.3 Å². The van der Waals surface area contributed by atoms with Crippen molar-refractivity contribution in [3.05, 3.63) is 35.6 Å². The number of halogens is 1. The van der Waals surface area contributed by atoms with Crippen LogP contribution in [0.3, 0.4) is 0 Å². The van der Waals surface area contributed by atoms with Gasteiger partial charge in [0, 0.05) is 26.2 Å². The maximum atomic E-state index is 12.8. The Balaban J connectivity index is 2.42. The molecule has 1 aromatic carbocycles. The number of amides is 2. The SMILES string of the molecule is CC(CCCO)NC(=O)N(C)Cc1ccc(F)cc1. The third-order valence-electron chi connectivity index (χ3n) is 2.84. The van der Waals surface area contributed by atoms with Gasteiger partial charge >= 0.3 is 6.03 Å². The van der Waals surface area contributed by atoms with Gasteiger partial charge in [-0.25, -0.2) is 9.18 Å². The van der Waals surface area contributed by atoms with Crippen LogP contribution in [0.5, 0.6) is 0 Å². The predicted octanol–water partition coefficient (Wildman–Crippen LogP) is 2.13. The molecule has 0 spiro atoms. The molecule has 4 nitrogen and oxygen atoms in total. The largest absolute Gasteiger partial charge is 0.396 e. The van der Waals surface area contributed by atoms with E-state index in [1.807, 2.05) is 6.92 Å². The molecule has 0 saturated heterocycles. The third-order valence-corrected chi connectivity index (χ3v) is 2.84. The fourth-order valence-electron chi connectivity index (χ4n) is 1.73. The number of carbonyl (C=O) groups excluding carboxylic acids is 1. The smallest absolute Gasteiger partial charge is 0.317 e. The molecular formula is C14H21FN2O2. The van der Waals surface area contributed by atoms with Crippen LogP contribution in [0.1, 0.15) is 25.3 Å². The predicted molar refractivity (Wildman–Crippen MR) is 72.2 cm³/mol. The lowest BCUT2D eigenvalue weighted by Gasteiger charge is -2.21. The van der Waals surface area contributed by atoms with Gasteiger partial charge in [-0.1, -0.05) is 12.1 Å². The van der Waals surface area contributed by atoms with Gasteiger partial charge in [-0.2, -0.15) is 0 Å². The van der Waals surface area contributed by atoms with Gasteiger partial charge in [-0.05, 0) is 37.5 Å². The minimum atomic E-state index is -0.284. The Bertz CT molecular complexity index is 395. The summed E-state index contributed by atoms with van der Waals surface area (Å²) in [4.78, 5) is 13.4. The number of rotatable bonds is 6. The number of urea groups is 1. The lowest BCUT2D eigenvalue weighted by Crippen LogP contribution is -2.41. The second-order valence-corrected chi connectivity index (χ2v) is 4.70. The molecule has 0 saturated carbocycles. The van der Waals surface area contributed by atoms with Crippen molar-refractivity contribution in [1.82, 2.24) is 10.2 Å². The van der Waals surface area contributed by atoms with Crippen LogP contribution in [-0.4, -0.2) is 35.7 Å². The van der Waals surface area contributed by atoms with Gasteiger partial charge in [0.15, 0.2) is 0 Å². The lowest BCUT2D eigenvalue weighted by atomic mass is 10.2. The highest BCUT2D eigenvalue weighted by atomic mass is 19.1. The quantitative estimate of drug-likeness (QED) is 0.830. The summed E-state index contributed by atoms with van der Waals surface area (Å²) in [5.41, 5.74) is 0.877. The zero-order chi connectivity index (χ0) is 14.3. The molecule has 5 heteroatoms. The van der Waals surface area contributed by atoms with E-state index in [1.165, 1.54) is 12.1 Å². The van der Waals surface area contributed by atoms with E-state index in [2.05, 4.69) is 5.32 Å². The molecule has 19 heavy (non-hydrogen) atoms. The van der Waals surface area contributed by atoms with Gasteiger partial charge in [0.25, 0.3) is 0 Å². The molecule has 0 aliphatic carbocycles. The minimum absolute atomic E-state index is 0.0234. The number of benzene rings is 1. The maximum absolute atomic E-state index is 12.8. The van der Waals surface area contributed by atoms with Crippen LogP contribution in [0.4, 0.5) is 9.18 Å². The summed E-state index contributed by atoms with van der Waals surface area (Å²) in [5, 5.41) is 11.6. The summed E-state index contributed by atoms with van der Waals surface area (Å²) >= 11 is 0. The number of nitrogens with one attached hydrogen (secondary N) is 1. The van der Waals surface area contributed by atoms with Gasteiger partial charge in [0.2, 0.25) is 0 Å². The Hall–Kier alpha value is -1.62. The summed E-state index contributed by atoms with van der Waals surface area (Å²) in [5.74, 6) is -0.284. The highest BCUT2D eigenvalue weighted by molar-refractivity contribution is 5.74. The second kappa shape index (κ2) is 7.74. The molecular weight excluding hydrogens is 247 g/mol. The van der Waals surface area contributed by atoms with Gasteiger partial charge in [-0.15, -0.1) is 0 Å². The number of hydrogen-bond acceptors (Lipinski definition) is 2. The van der Waals surface area contributed by atoms with E-state index >= 15 is 0 Å². The molecule has 2 amide bonds. The molecule has 0 bridgehead atoms. The van der Waals surface area contributed by atoms with Crippen LogP contribution in [0.25, 0.3) is 0 Å². The van der Waals surface area contributed by atoms with Crippen LogP contribution < -0.4 is 5.32 Å².